The van der Waals surface area contributed by atoms with Crippen LogP contribution in [0.1, 0.15) is 35.8 Å². The van der Waals surface area contributed by atoms with Crippen molar-refractivity contribution in [2.45, 2.75) is 31.7 Å². The molecule has 0 saturated heterocycles. The second-order valence-corrected chi connectivity index (χ2v) is 8.35. The van der Waals surface area contributed by atoms with Gasteiger partial charge in [0.15, 0.2) is 0 Å². The summed E-state index contributed by atoms with van der Waals surface area (Å²) in [5, 5.41) is 18.2. The number of fused-ring (bicyclic) bond motifs is 2. The van der Waals surface area contributed by atoms with Crippen molar-refractivity contribution in [2.24, 2.45) is 0 Å². The summed E-state index contributed by atoms with van der Waals surface area (Å²) in [6.07, 6.45) is 7.50. The fourth-order valence-electron chi connectivity index (χ4n) is 4.27. The van der Waals surface area contributed by atoms with Gasteiger partial charge in [-0.3, -0.25) is 14.5 Å². The Morgan fingerprint density at radius 1 is 1.20 bits per heavy atom. The minimum absolute atomic E-state index is 0.159. The molecule has 4 heterocycles. The van der Waals surface area contributed by atoms with Gasteiger partial charge in [-0.2, -0.15) is 5.10 Å². The van der Waals surface area contributed by atoms with Crippen molar-refractivity contribution in [3.05, 3.63) is 65.9 Å². The molecule has 0 saturated carbocycles. The number of methoxy groups -OCH3 is 1. The number of anilines is 1. The topological polar surface area (TPSA) is 124 Å². The third-order valence-electron chi connectivity index (χ3n) is 6.01. The molecule has 1 aliphatic rings. The number of nitrogens with zero attached hydrogens (tertiary/aromatic N) is 5. The zero-order valence-corrected chi connectivity index (χ0v) is 19.3. The third-order valence-corrected chi connectivity index (χ3v) is 6.01. The summed E-state index contributed by atoms with van der Waals surface area (Å²) < 4.78 is 12.7. The van der Waals surface area contributed by atoms with Crippen LogP contribution in [-0.4, -0.2) is 56.1 Å². The fraction of sp³-hybridized carbons (Fsp3) is 0.320. The molecule has 4 aromatic rings. The summed E-state index contributed by atoms with van der Waals surface area (Å²) in [5.74, 6) is -0.222. The Hall–Kier alpha value is -4.21. The van der Waals surface area contributed by atoms with E-state index in [0.717, 1.165) is 53.1 Å². The maximum absolute atomic E-state index is 11.6. The number of nitrogens with one attached hydrogen (secondary N) is 1. The fourth-order valence-corrected chi connectivity index (χ4v) is 4.27. The Labute approximate surface area is 202 Å². The monoisotopic (exact) mass is 474 g/mol. The van der Waals surface area contributed by atoms with E-state index in [2.05, 4.69) is 26.4 Å². The lowest BCUT2D eigenvalue weighted by Crippen LogP contribution is -2.17. The molecule has 1 atom stereocenters. The van der Waals surface area contributed by atoms with E-state index >= 15 is 0 Å². The molecule has 0 amide bonds. The first-order chi connectivity index (χ1) is 17.1. The summed E-state index contributed by atoms with van der Waals surface area (Å²) >= 11 is 0. The number of carboxylic acids is 1. The maximum atomic E-state index is 11.6. The quantitative estimate of drug-likeness (QED) is 0.376. The second-order valence-electron chi connectivity index (χ2n) is 8.35. The number of hydrogen-bond acceptors (Lipinski definition) is 8. The van der Waals surface area contributed by atoms with E-state index in [0.29, 0.717) is 18.6 Å². The lowest BCUT2D eigenvalue weighted by Gasteiger charge is -2.17. The molecule has 2 N–H and O–H groups in total. The molecule has 0 radical (unpaired) electrons. The van der Waals surface area contributed by atoms with Crippen molar-refractivity contribution in [1.82, 2.24) is 24.7 Å². The van der Waals surface area contributed by atoms with Crippen LogP contribution in [0.5, 0.6) is 11.8 Å². The number of aryl methyl sites for hydroxylation is 1. The number of aromatic nitrogens is 5. The van der Waals surface area contributed by atoms with E-state index in [4.69, 9.17) is 14.5 Å². The van der Waals surface area contributed by atoms with Gasteiger partial charge in [-0.25, -0.2) is 9.97 Å². The van der Waals surface area contributed by atoms with Crippen LogP contribution in [0.15, 0.2) is 48.9 Å². The third kappa shape index (κ3) is 5.01. The maximum Gasteiger partial charge on any atom is 0.316 e. The molecule has 35 heavy (non-hydrogen) atoms. The van der Waals surface area contributed by atoms with Crippen molar-refractivity contribution in [1.29, 1.82) is 0 Å². The van der Waals surface area contributed by atoms with Gasteiger partial charge in [-0.05, 0) is 43.2 Å². The Morgan fingerprint density at radius 2 is 2.06 bits per heavy atom. The molecule has 1 unspecified atom stereocenters. The van der Waals surface area contributed by atoms with Crippen LogP contribution >= 0.6 is 0 Å². The van der Waals surface area contributed by atoms with E-state index in [-0.39, 0.29) is 12.4 Å². The van der Waals surface area contributed by atoms with E-state index < -0.39 is 12.0 Å². The van der Waals surface area contributed by atoms with Crippen LogP contribution in [0, 0.1) is 0 Å². The lowest BCUT2D eigenvalue weighted by atomic mass is 10.1. The highest BCUT2D eigenvalue weighted by Crippen LogP contribution is 2.28. The highest BCUT2D eigenvalue weighted by atomic mass is 16.5. The molecule has 0 spiro atoms. The predicted molar refractivity (Wildman–Crippen MR) is 129 cm³/mol. The molecule has 0 aliphatic carbocycles. The number of ether oxygens (including phenoxy) is 2. The van der Waals surface area contributed by atoms with Crippen LogP contribution in [0.3, 0.4) is 0 Å². The Morgan fingerprint density at radius 3 is 2.86 bits per heavy atom. The SMILES string of the molecule is COc1ncc(C(CC(=O)O)n2ncc3cc(OCCc4ccc5c(n4)CCCN5)ccc32)cn1. The summed E-state index contributed by atoms with van der Waals surface area (Å²) in [7, 11) is 1.48. The summed E-state index contributed by atoms with van der Waals surface area (Å²) in [6, 6.07) is 9.46. The average Bonchev–Trinajstić information content (AvgIpc) is 3.30. The van der Waals surface area contributed by atoms with Crippen molar-refractivity contribution in [2.75, 3.05) is 25.6 Å². The molecule has 1 aliphatic heterocycles. The van der Waals surface area contributed by atoms with Gasteiger partial charge in [0.05, 0.1) is 49.3 Å². The van der Waals surface area contributed by atoms with Crippen LogP contribution < -0.4 is 14.8 Å². The highest BCUT2D eigenvalue weighted by molar-refractivity contribution is 5.81. The molecule has 1 aromatic carbocycles. The molecule has 0 bridgehead atoms. The molecule has 10 nitrogen and oxygen atoms in total. The molecular formula is C25H26N6O4. The van der Waals surface area contributed by atoms with Crippen molar-refractivity contribution in [3.63, 3.8) is 0 Å². The first-order valence-electron chi connectivity index (χ1n) is 11.5. The van der Waals surface area contributed by atoms with E-state index in [1.165, 1.54) is 7.11 Å². The molecular weight excluding hydrogens is 448 g/mol. The number of hydrogen-bond donors (Lipinski definition) is 2. The number of carboxylic acid groups (broad SMARTS) is 1. The molecule has 10 heteroatoms. The Bertz CT molecular complexity index is 1340. The number of aliphatic carboxylic acids is 1. The van der Waals surface area contributed by atoms with Gasteiger partial charge in [0.2, 0.25) is 0 Å². The predicted octanol–water partition coefficient (Wildman–Crippen LogP) is 3.27. The summed E-state index contributed by atoms with van der Waals surface area (Å²) in [5.41, 5.74) is 4.70. The lowest BCUT2D eigenvalue weighted by molar-refractivity contribution is -0.137. The van der Waals surface area contributed by atoms with Crippen LogP contribution in [0.2, 0.25) is 0 Å². The second kappa shape index (κ2) is 9.96. The molecule has 3 aromatic heterocycles. The minimum atomic E-state index is -0.944. The summed E-state index contributed by atoms with van der Waals surface area (Å²) in [4.78, 5) is 24.6. The van der Waals surface area contributed by atoms with Gasteiger partial charge >= 0.3 is 12.0 Å². The summed E-state index contributed by atoms with van der Waals surface area (Å²) in [6.45, 7) is 1.50. The molecule has 0 fully saturated rings. The van der Waals surface area contributed by atoms with Crippen LogP contribution in [0.4, 0.5) is 5.69 Å². The van der Waals surface area contributed by atoms with Crippen molar-refractivity contribution < 1.29 is 19.4 Å². The Balaban J connectivity index is 1.30. The number of pyridine rings is 1. The number of carbonyl (C=O) groups is 1. The van der Waals surface area contributed by atoms with Gasteiger partial charge in [0.25, 0.3) is 0 Å². The smallest absolute Gasteiger partial charge is 0.316 e. The van der Waals surface area contributed by atoms with Crippen molar-refractivity contribution in [3.8, 4) is 11.8 Å². The van der Waals surface area contributed by atoms with E-state index in [9.17, 15) is 9.90 Å². The molecule has 5 rings (SSSR count). The van der Waals surface area contributed by atoms with Gasteiger partial charge < -0.3 is 19.9 Å². The van der Waals surface area contributed by atoms with Gasteiger partial charge in [0.1, 0.15) is 5.75 Å². The number of rotatable bonds is 9. The Kier molecular flexibility index (Phi) is 6.42. The van der Waals surface area contributed by atoms with Crippen molar-refractivity contribution >= 4 is 22.6 Å². The largest absolute Gasteiger partial charge is 0.493 e. The average molecular weight is 475 g/mol. The van der Waals surface area contributed by atoms with Crippen LogP contribution in [0.25, 0.3) is 10.9 Å². The highest BCUT2D eigenvalue weighted by Gasteiger charge is 2.22. The number of benzene rings is 1. The zero-order chi connectivity index (χ0) is 24.2. The first-order valence-corrected chi connectivity index (χ1v) is 11.5. The van der Waals surface area contributed by atoms with E-state index in [1.54, 1.807) is 23.3 Å². The standard InChI is InChI=1S/C25H26N6O4/c1-34-25-27-13-17(14-28-25)23(12-24(32)33)31-22-7-5-19(11-16(22)15-29-31)35-10-8-18-4-6-20-21(30-18)3-2-9-26-20/h4-7,11,13-15,23,26H,2-3,8-10,12H2,1H3,(H,32,33). The first kappa shape index (κ1) is 22.6. The van der Waals surface area contributed by atoms with Crippen LogP contribution in [-0.2, 0) is 17.6 Å². The zero-order valence-electron chi connectivity index (χ0n) is 19.3. The minimum Gasteiger partial charge on any atom is -0.493 e. The normalized spacial score (nSPS) is 13.6. The van der Waals surface area contributed by atoms with E-state index in [1.807, 2.05) is 24.3 Å². The molecule has 180 valence electrons. The van der Waals surface area contributed by atoms with Gasteiger partial charge in [-0.15, -0.1) is 0 Å². The van der Waals surface area contributed by atoms with Gasteiger partial charge in [-0.1, -0.05) is 0 Å². The van der Waals surface area contributed by atoms with Gasteiger partial charge in [0, 0.05) is 42.0 Å².